The highest BCUT2D eigenvalue weighted by Crippen LogP contribution is 2.07. The Balaban J connectivity index is 1.66. The summed E-state index contributed by atoms with van der Waals surface area (Å²) < 4.78 is 5.77. The van der Waals surface area contributed by atoms with Crippen LogP contribution in [0.1, 0.15) is 22.3 Å². The van der Waals surface area contributed by atoms with Gasteiger partial charge in [-0.3, -0.25) is 0 Å². The molecular formula is C18H18OSi2. The molecule has 0 N–H and O–H groups in total. The lowest BCUT2D eigenvalue weighted by Crippen LogP contribution is -2.09. The van der Waals surface area contributed by atoms with Crippen LogP contribution in [0.4, 0.5) is 0 Å². The number of hydrogen-bond acceptors (Lipinski definition) is 1. The zero-order chi connectivity index (χ0) is 14.9. The lowest BCUT2D eigenvalue weighted by atomic mass is 10.1. The first kappa shape index (κ1) is 15.7. The standard InChI is InChI=1S/C18H18OSi2/c1-3-15-5-9-17(10-6-15)13-20-19-21-14-18-11-7-16(4-2)8-12-18/h3-12H,1-2,13-14H2. The van der Waals surface area contributed by atoms with Crippen LogP contribution >= 0.6 is 0 Å². The molecule has 0 heterocycles. The van der Waals surface area contributed by atoms with Gasteiger partial charge >= 0.3 is 0 Å². The van der Waals surface area contributed by atoms with Crippen LogP contribution in [-0.4, -0.2) is 19.5 Å². The van der Waals surface area contributed by atoms with Crippen LogP contribution in [0.2, 0.25) is 0 Å². The molecule has 2 aromatic rings. The van der Waals surface area contributed by atoms with Crippen molar-refractivity contribution in [1.29, 1.82) is 0 Å². The molecular weight excluding hydrogens is 288 g/mol. The van der Waals surface area contributed by atoms with Gasteiger partial charge in [0.05, 0.1) is 0 Å². The van der Waals surface area contributed by atoms with E-state index in [0.29, 0.717) is 19.5 Å². The summed E-state index contributed by atoms with van der Waals surface area (Å²) in [6.45, 7) is 7.52. The van der Waals surface area contributed by atoms with Gasteiger partial charge in [0, 0.05) is 0 Å². The third kappa shape index (κ3) is 5.30. The van der Waals surface area contributed by atoms with Crippen molar-refractivity contribution in [2.45, 2.75) is 12.1 Å². The zero-order valence-electron chi connectivity index (χ0n) is 12.0. The molecule has 3 heteroatoms. The highest BCUT2D eigenvalue weighted by molar-refractivity contribution is 6.42. The molecule has 2 aromatic carbocycles. The summed E-state index contributed by atoms with van der Waals surface area (Å²) in [6.07, 6.45) is 3.73. The lowest BCUT2D eigenvalue weighted by Gasteiger charge is -2.03. The van der Waals surface area contributed by atoms with Gasteiger partial charge in [0.2, 0.25) is 19.5 Å². The van der Waals surface area contributed by atoms with E-state index in [1.807, 2.05) is 12.2 Å². The molecule has 0 amide bonds. The van der Waals surface area contributed by atoms with Crippen molar-refractivity contribution in [2.75, 3.05) is 0 Å². The summed E-state index contributed by atoms with van der Waals surface area (Å²) in [5, 5.41) is 0. The van der Waals surface area contributed by atoms with Gasteiger partial charge < -0.3 is 4.12 Å². The molecule has 2 rings (SSSR count). The number of rotatable bonds is 8. The molecule has 0 spiro atoms. The molecule has 0 saturated heterocycles. The van der Waals surface area contributed by atoms with Crippen molar-refractivity contribution in [3.8, 4) is 0 Å². The fourth-order valence-corrected chi connectivity index (χ4v) is 3.62. The van der Waals surface area contributed by atoms with E-state index >= 15 is 0 Å². The van der Waals surface area contributed by atoms with E-state index in [9.17, 15) is 0 Å². The van der Waals surface area contributed by atoms with Crippen LogP contribution in [0.5, 0.6) is 0 Å². The van der Waals surface area contributed by atoms with Crippen LogP contribution in [0, 0.1) is 0 Å². The van der Waals surface area contributed by atoms with Gasteiger partial charge in [0.1, 0.15) is 0 Å². The Kier molecular flexibility index (Phi) is 6.40. The molecule has 0 aliphatic rings. The molecule has 0 aliphatic heterocycles. The van der Waals surface area contributed by atoms with Gasteiger partial charge in [-0.05, 0) is 34.3 Å². The molecule has 0 aromatic heterocycles. The van der Waals surface area contributed by atoms with E-state index in [-0.39, 0.29) is 0 Å². The molecule has 0 saturated carbocycles. The lowest BCUT2D eigenvalue weighted by molar-refractivity contribution is 0.633. The zero-order valence-corrected chi connectivity index (χ0v) is 14.0. The summed E-state index contributed by atoms with van der Waals surface area (Å²) in [6, 6.07) is 18.9. The Bertz CT molecular complexity index is 520. The highest BCUT2D eigenvalue weighted by Gasteiger charge is 1.99. The highest BCUT2D eigenvalue weighted by atomic mass is 28.3. The van der Waals surface area contributed by atoms with Crippen molar-refractivity contribution >= 4 is 31.7 Å². The SMILES string of the molecule is C=Cc1ccc(C[Si]O[Si]Cc2ccc(C=C)cc2)cc1. The Morgan fingerprint density at radius 1 is 0.714 bits per heavy atom. The van der Waals surface area contributed by atoms with Crippen molar-refractivity contribution in [2.24, 2.45) is 0 Å². The van der Waals surface area contributed by atoms with Gasteiger partial charge in [-0.2, -0.15) is 0 Å². The Labute approximate surface area is 132 Å². The predicted molar refractivity (Wildman–Crippen MR) is 93.1 cm³/mol. The molecule has 4 radical (unpaired) electrons. The molecule has 21 heavy (non-hydrogen) atoms. The molecule has 1 nitrogen and oxygen atoms in total. The normalized spacial score (nSPS) is 10.3. The Morgan fingerprint density at radius 2 is 1.10 bits per heavy atom. The van der Waals surface area contributed by atoms with Crippen LogP contribution < -0.4 is 0 Å². The average molecular weight is 307 g/mol. The first-order valence-electron chi connectivity index (χ1n) is 6.86. The van der Waals surface area contributed by atoms with Gasteiger partial charge in [-0.15, -0.1) is 0 Å². The average Bonchev–Trinajstić information content (AvgIpc) is 2.55. The molecule has 0 unspecified atom stereocenters. The number of benzene rings is 2. The molecule has 0 fully saturated rings. The van der Waals surface area contributed by atoms with E-state index in [1.54, 1.807) is 0 Å². The second kappa shape index (κ2) is 8.57. The maximum atomic E-state index is 5.77. The van der Waals surface area contributed by atoms with Crippen LogP contribution in [0.3, 0.4) is 0 Å². The van der Waals surface area contributed by atoms with Crippen LogP contribution in [0.25, 0.3) is 12.2 Å². The Morgan fingerprint density at radius 3 is 1.43 bits per heavy atom. The van der Waals surface area contributed by atoms with Crippen LogP contribution in [0.15, 0.2) is 61.7 Å². The van der Waals surface area contributed by atoms with E-state index in [2.05, 4.69) is 61.7 Å². The minimum atomic E-state index is 0.527. The van der Waals surface area contributed by atoms with Crippen molar-refractivity contribution < 1.29 is 4.12 Å². The summed E-state index contributed by atoms with van der Waals surface area (Å²) in [7, 11) is 1.05. The predicted octanol–water partition coefficient (Wildman–Crippen LogP) is 3.93. The van der Waals surface area contributed by atoms with Gasteiger partial charge in [0.15, 0.2) is 0 Å². The maximum absolute atomic E-state index is 5.77. The summed E-state index contributed by atoms with van der Waals surface area (Å²) >= 11 is 0. The summed E-state index contributed by atoms with van der Waals surface area (Å²) in [4.78, 5) is 0. The van der Waals surface area contributed by atoms with Gasteiger partial charge in [-0.25, -0.2) is 0 Å². The fraction of sp³-hybridized carbons (Fsp3) is 0.111. The third-order valence-electron chi connectivity index (χ3n) is 3.13. The van der Waals surface area contributed by atoms with Gasteiger partial charge in [0.25, 0.3) is 0 Å². The minimum absolute atomic E-state index is 0.527. The third-order valence-corrected chi connectivity index (χ3v) is 5.39. The second-order valence-electron chi connectivity index (χ2n) is 4.64. The van der Waals surface area contributed by atoms with E-state index in [4.69, 9.17) is 4.12 Å². The molecule has 0 bridgehead atoms. The van der Waals surface area contributed by atoms with E-state index < -0.39 is 0 Å². The fourth-order valence-electron chi connectivity index (χ4n) is 1.83. The maximum Gasteiger partial charge on any atom is 0.219 e. The minimum Gasteiger partial charge on any atom is -0.456 e. The number of hydrogen-bond donors (Lipinski definition) is 0. The van der Waals surface area contributed by atoms with E-state index in [0.717, 1.165) is 23.2 Å². The quantitative estimate of drug-likeness (QED) is 0.530. The molecule has 104 valence electrons. The summed E-state index contributed by atoms with van der Waals surface area (Å²) in [5.74, 6) is 0. The van der Waals surface area contributed by atoms with Crippen LogP contribution in [-0.2, 0) is 16.2 Å². The van der Waals surface area contributed by atoms with Gasteiger partial charge in [-0.1, -0.05) is 73.8 Å². The molecule has 0 atom stereocenters. The smallest absolute Gasteiger partial charge is 0.219 e. The monoisotopic (exact) mass is 306 g/mol. The molecule has 0 aliphatic carbocycles. The second-order valence-corrected chi connectivity index (χ2v) is 6.74. The first-order valence-corrected chi connectivity index (χ1v) is 9.09. The van der Waals surface area contributed by atoms with E-state index in [1.165, 1.54) is 11.1 Å². The van der Waals surface area contributed by atoms with Crippen molar-refractivity contribution in [3.63, 3.8) is 0 Å². The van der Waals surface area contributed by atoms with Crippen molar-refractivity contribution in [1.82, 2.24) is 0 Å². The first-order chi connectivity index (χ1) is 10.3. The largest absolute Gasteiger partial charge is 0.456 e. The summed E-state index contributed by atoms with van der Waals surface area (Å²) in [5.41, 5.74) is 4.96. The topological polar surface area (TPSA) is 9.23 Å². The van der Waals surface area contributed by atoms with Crippen molar-refractivity contribution in [3.05, 3.63) is 83.9 Å². The Hall–Kier alpha value is -1.69.